The Labute approximate surface area is 230 Å². The van der Waals surface area contributed by atoms with Crippen molar-refractivity contribution in [3.8, 4) is 11.5 Å². The number of benzene rings is 4. The highest BCUT2D eigenvalue weighted by atomic mass is 32.1. The molecule has 4 aromatic rings. The number of rotatable bonds is 7. The molecular weight excluding hydrogens is 512 g/mol. The number of carbonyl (C=O) groups excluding carboxylic acids is 3. The van der Waals surface area contributed by atoms with Crippen molar-refractivity contribution in [3.05, 3.63) is 121 Å². The summed E-state index contributed by atoms with van der Waals surface area (Å²) in [7, 11) is 0. The Morgan fingerprint density at radius 1 is 0.769 bits per heavy atom. The first-order valence-corrected chi connectivity index (χ1v) is 12.6. The number of anilines is 2. The maximum Gasteiger partial charge on any atom is 0.269 e. The van der Waals surface area contributed by atoms with Crippen LogP contribution in [0.25, 0.3) is 0 Å². The summed E-state index contributed by atoms with van der Waals surface area (Å²) in [6, 6.07) is 32.5. The highest BCUT2D eigenvalue weighted by molar-refractivity contribution is 7.80. The van der Waals surface area contributed by atoms with Gasteiger partial charge in [-0.05, 0) is 72.9 Å². The third-order valence-electron chi connectivity index (χ3n) is 6.00. The first-order chi connectivity index (χ1) is 19.0. The van der Waals surface area contributed by atoms with Crippen LogP contribution in [-0.2, 0) is 9.59 Å². The predicted octanol–water partition coefficient (Wildman–Crippen LogP) is 5.15. The van der Waals surface area contributed by atoms with Crippen molar-refractivity contribution < 1.29 is 19.1 Å². The number of nitrogens with zero attached hydrogens (tertiary/aromatic N) is 2. The average molecular weight is 537 g/mol. The van der Waals surface area contributed by atoms with E-state index in [0.29, 0.717) is 28.4 Å². The molecule has 1 aliphatic heterocycles. The van der Waals surface area contributed by atoms with Gasteiger partial charge in [0.1, 0.15) is 17.5 Å². The maximum absolute atomic E-state index is 13.4. The van der Waals surface area contributed by atoms with E-state index >= 15 is 0 Å². The number of hydrazine groups is 1. The standard InChI is InChI=1S/C30H24N4O4S/c35-27-20-26(29(37)31-22-16-18-25(19-17-22)38-24-14-8-3-9-15-24)34(32-28(36)21-10-4-1-5-11-21)30(39)33(27)23-12-6-2-7-13-23/h1-19,26H,20H2,(H,31,37)(H,32,36)/t26-/m1/s1. The fourth-order valence-corrected chi connectivity index (χ4v) is 4.46. The van der Waals surface area contributed by atoms with Crippen LogP contribution in [0.4, 0.5) is 11.4 Å². The minimum Gasteiger partial charge on any atom is -0.457 e. The quantitative estimate of drug-likeness (QED) is 0.317. The van der Waals surface area contributed by atoms with Gasteiger partial charge in [-0.2, -0.15) is 0 Å². The largest absolute Gasteiger partial charge is 0.457 e. The summed E-state index contributed by atoms with van der Waals surface area (Å²) < 4.78 is 5.80. The fourth-order valence-electron chi connectivity index (χ4n) is 4.08. The van der Waals surface area contributed by atoms with Gasteiger partial charge < -0.3 is 10.1 Å². The summed E-state index contributed by atoms with van der Waals surface area (Å²) >= 11 is 5.64. The first-order valence-electron chi connectivity index (χ1n) is 12.2. The van der Waals surface area contributed by atoms with Crippen molar-refractivity contribution in [1.82, 2.24) is 10.4 Å². The molecule has 0 unspecified atom stereocenters. The van der Waals surface area contributed by atoms with Crippen molar-refractivity contribution in [2.75, 3.05) is 10.2 Å². The van der Waals surface area contributed by atoms with Crippen LogP contribution in [-0.4, -0.2) is 33.9 Å². The summed E-state index contributed by atoms with van der Waals surface area (Å²) in [6.45, 7) is 0. The smallest absolute Gasteiger partial charge is 0.269 e. The highest BCUT2D eigenvalue weighted by Crippen LogP contribution is 2.26. The van der Waals surface area contributed by atoms with Gasteiger partial charge in [0.05, 0.1) is 12.1 Å². The molecule has 1 heterocycles. The van der Waals surface area contributed by atoms with Crippen LogP contribution in [0.3, 0.4) is 0 Å². The van der Waals surface area contributed by atoms with E-state index in [1.54, 1.807) is 78.9 Å². The molecule has 0 radical (unpaired) electrons. The van der Waals surface area contributed by atoms with E-state index in [1.165, 1.54) is 9.91 Å². The Morgan fingerprint density at radius 3 is 1.97 bits per heavy atom. The highest BCUT2D eigenvalue weighted by Gasteiger charge is 2.42. The molecule has 0 spiro atoms. The monoisotopic (exact) mass is 536 g/mol. The van der Waals surface area contributed by atoms with Crippen molar-refractivity contribution in [2.24, 2.45) is 0 Å². The Morgan fingerprint density at radius 2 is 1.33 bits per heavy atom. The lowest BCUT2D eigenvalue weighted by atomic mass is 10.1. The number of ether oxygens (including phenoxy) is 1. The molecule has 0 saturated carbocycles. The van der Waals surface area contributed by atoms with Crippen LogP contribution in [0, 0.1) is 0 Å². The van der Waals surface area contributed by atoms with Gasteiger partial charge in [0.25, 0.3) is 5.91 Å². The summed E-state index contributed by atoms with van der Waals surface area (Å²) in [5.74, 6) is -0.0213. The molecule has 8 nitrogen and oxygen atoms in total. The molecular formula is C30H24N4O4S. The van der Waals surface area contributed by atoms with Crippen molar-refractivity contribution in [1.29, 1.82) is 0 Å². The van der Waals surface area contributed by atoms with Gasteiger partial charge in [0.15, 0.2) is 0 Å². The Balaban J connectivity index is 1.36. The molecule has 0 aliphatic carbocycles. The van der Waals surface area contributed by atoms with Crippen LogP contribution in [0.15, 0.2) is 115 Å². The molecule has 4 aromatic carbocycles. The molecule has 2 N–H and O–H groups in total. The van der Waals surface area contributed by atoms with Crippen molar-refractivity contribution >= 4 is 46.4 Å². The van der Waals surface area contributed by atoms with Crippen LogP contribution in [0.2, 0.25) is 0 Å². The van der Waals surface area contributed by atoms with Crippen molar-refractivity contribution in [3.63, 3.8) is 0 Å². The molecule has 1 atom stereocenters. The van der Waals surface area contributed by atoms with Crippen LogP contribution >= 0.6 is 12.2 Å². The zero-order chi connectivity index (χ0) is 27.2. The molecule has 5 rings (SSSR count). The second-order valence-electron chi connectivity index (χ2n) is 8.67. The molecule has 3 amide bonds. The van der Waals surface area contributed by atoms with Crippen LogP contribution in [0.1, 0.15) is 16.8 Å². The summed E-state index contributed by atoms with van der Waals surface area (Å²) in [5.41, 5.74) is 4.16. The number of amides is 3. The van der Waals surface area contributed by atoms with Gasteiger partial charge in [0, 0.05) is 11.3 Å². The van der Waals surface area contributed by atoms with Gasteiger partial charge in [-0.25, -0.2) is 5.01 Å². The molecule has 194 valence electrons. The molecule has 1 fully saturated rings. The Kier molecular flexibility index (Phi) is 7.60. The molecule has 39 heavy (non-hydrogen) atoms. The molecule has 0 bridgehead atoms. The number of para-hydroxylation sites is 2. The number of thiocarbonyl (C=S) groups is 1. The second kappa shape index (κ2) is 11.6. The molecule has 0 aromatic heterocycles. The summed E-state index contributed by atoms with van der Waals surface area (Å²) in [5, 5.41) is 4.10. The minimum absolute atomic E-state index is 0.00603. The Hall–Kier alpha value is -5.02. The minimum atomic E-state index is -1.07. The van der Waals surface area contributed by atoms with E-state index in [2.05, 4.69) is 10.7 Å². The van der Waals surface area contributed by atoms with E-state index in [0.717, 1.165) is 0 Å². The second-order valence-corrected chi connectivity index (χ2v) is 9.04. The van der Waals surface area contributed by atoms with Gasteiger partial charge in [-0.1, -0.05) is 54.6 Å². The van der Waals surface area contributed by atoms with Gasteiger partial charge in [0.2, 0.25) is 16.9 Å². The van der Waals surface area contributed by atoms with Gasteiger partial charge in [-0.15, -0.1) is 0 Å². The fraction of sp³-hybridized carbons (Fsp3) is 0.0667. The number of hydrogen-bond acceptors (Lipinski definition) is 5. The summed E-state index contributed by atoms with van der Waals surface area (Å²) in [4.78, 5) is 41.0. The maximum atomic E-state index is 13.4. The Bertz CT molecular complexity index is 1480. The number of hydrogen-bond donors (Lipinski definition) is 2. The topological polar surface area (TPSA) is 91.0 Å². The first kappa shape index (κ1) is 25.6. The molecule has 9 heteroatoms. The van der Waals surface area contributed by atoms with Gasteiger partial charge >= 0.3 is 0 Å². The lowest BCUT2D eigenvalue weighted by Gasteiger charge is -2.41. The zero-order valence-electron chi connectivity index (χ0n) is 20.7. The van der Waals surface area contributed by atoms with E-state index in [9.17, 15) is 14.4 Å². The van der Waals surface area contributed by atoms with E-state index < -0.39 is 17.9 Å². The predicted molar refractivity (Wildman–Crippen MR) is 152 cm³/mol. The van der Waals surface area contributed by atoms with Gasteiger partial charge in [-0.3, -0.25) is 24.7 Å². The number of nitrogens with one attached hydrogen (secondary N) is 2. The third kappa shape index (κ3) is 5.94. The van der Waals surface area contributed by atoms with E-state index in [1.807, 2.05) is 36.4 Å². The van der Waals surface area contributed by atoms with Crippen LogP contribution in [0.5, 0.6) is 11.5 Å². The van der Waals surface area contributed by atoms with E-state index in [-0.39, 0.29) is 17.4 Å². The average Bonchev–Trinajstić information content (AvgIpc) is 2.97. The lowest BCUT2D eigenvalue weighted by Crippen LogP contribution is -2.65. The normalized spacial score (nSPS) is 15.0. The molecule has 1 aliphatic rings. The summed E-state index contributed by atoms with van der Waals surface area (Å²) in [6.07, 6.45) is -0.203. The lowest BCUT2D eigenvalue weighted by molar-refractivity contribution is -0.127. The number of carbonyl (C=O) groups is 3. The SMILES string of the molecule is O=C(NN1C(=S)N(c2ccccc2)C(=O)C[C@@H]1C(=O)Nc1ccc(Oc2ccccc2)cc1)c1ccccc1. The zero-order valence-corrected chi connectivity index (χ0v) is 21.5. The van der Waals surface area contributed by atoms with E-state index in [4.69, 9.17) is 17.0 Å². The van der Waals surface area contributed by atoms with Crippen LogP contribution < -0.4 is 20.4 Å². The van der Waals surface area contributed by atoms with Crippen molar-refractivity contribution in [2.45, 2.75) is 12.5 Å². The third-order valence-corrected chi connectivity index (χ3v) is 6.38. The molecule has 1 saturated heterocycles.